The summed E-state index contributed by atoms with van der Waals surface area (Å²) >= 11 is 5.69. The molecule has 0 aliphatic carbocycles. The smallest absolute Gasteiger partial charge is 0.119 e. The molecule has 5 heteroatoms. The second-order valence-corrected chi connectivity index (χ2v) is 6.98. The van der Waals surface area contributed by atoms with Crippen LogP contribution < -0.4 is 14.2 Å². The fourth-order valence-corrected chi connectivity index (χ4v) is 3.74. The first-order chi connectivity index (χ1) is 14.1. The minimum Gasteiger partial charge on any atom is -0.497 e. The normalized spacial score (nSPS) is 10.7. The molecule has 29 heavy (non-hydrogen) atoms. The van der Waals surface area contributed by atoms with Crippen LogP contribution in [0.5, 0.6) is 17.2 Å². The zero-order valence-electron chi connectivity index (χ0n) is 16.5. The van der Waals surface area contributed by atoms with Crippen LogP contribution in [0.2, 0.25) is 0 Å². The van der Waals surface area contributed by atoms with Crippen LogP contribution in [0, 0.1) is 4.64 Å². The SMILES string of the molecule is COc1ccc(-c2[nH]c(=S)c3cc(OC)ccc3c2-c2ccc(OC)cc2)cc1. The van der Waals surface area contributed by atoms with Crippen LogP contribution >= 0.6 is 12.2 Å². The molecule has 0 bridgehead atoms. The molecule has 0 amide bonds. The number of aromatic nitrogens is 1. The van der Waals surface area contributed by atoms with Crippen molar-refractivity contribution in [2.24, 2.45) is 0 Å². The van der Waals surface area contributed by atoms with E-state index in [2.05, 4.69) is 23.2 Å². The minimum absolute atomic E-state index is 0.668. The Morgan fingerprint density at radius 2 is 1.14 bits per heavy atom. The lowest BCUT2D eigenvalue weighted by Gasteiger charge is -2.16. The van der Waals surface area contributed by atoms with E-state index in [4.69, 9.17) is 26.4 Å². The first-order valence-electron chi connectivity index (χ1n) is 9.17. The topological polar surface area (TPSA) is 43.5 Å². The maximum atomic E-state index is 5.69. The van der Waals surface area contributed by atoms with Gasteiger partial charge >= 0.3 is 0 Å². The van der Waals surface area contributed by atoms with E-state index < -0.39 is 0 Å². The molecule has 146 valence electrons. The highest BCUT2D eigenvalue weighted by atomic mass is 32.1. The van der Waals surface area contributed by atoms with Gasteiger partial charge in [-0.15, -0.1) is 0 Å². The predicted octanol–water partition coefficient (Wildman–Crippen LogP) is 6.26. The first kappa shape index (κ1) is 19.0. The maximum Gasteiger partial charge on any atom is 0.119 e. The molecule has 1 aromatic heterocycles. The molecule has 3 aromatic carbocycles. The highest BCUT2D eigenvalue weighted by Crippen LogP contribution is 2.39. The fourth-order valence-electron chi connectivity index (χ4n) is 3.47. The molecule has 0 aliphatic heterocycles. The van der Waals surface area contributed by atoms with E-state index in [0.717, 1.165) is 50.4 Å². The van der Waals surface area contributed by atoms with Gasteiger partial charge in [-0.3, -0.25) is 0 Å². The number of rotatable bonds is 5. The van der Waals surface area contributed by atoms with Gasteiger partial charge in [0.2, 0.25) is 0 Å². The number of benzene rings is 3. The summed E-state index contributed by atoms with van der Waals surface area (Å²) in [6, 6.07) is 22.0. The molecular weight excluding hydrogens is 382 g/mol. The van der Waals surface area contributed by atoms with Crippen LogP contribution in [-0.4, -0.2) is 26.3 Å². The van der Waals surface area contributed by atoms with Crippen molar-refractivity contribution >= 4 is 23.0 Å². The highest BCUT2D eigenvalue weighted by molar-refractivity contribution is 7.71. The second-order valence-electron chi connectivity index (χ2n) is 6.57. The molecule has 0 aliphatic rings. The van der Waals surface area contributed by atoms with Crippen LogP contribution in [0.3, 0.4) is 0 Å². The van der Waals surface area contributed by atoms with Crippen LogP contribution in [0.25, 0.3) is 33.2 Å². The predicted molar refractivity (Wildman–Crippen MR) is 120 cm³/mol. The Morgan fingerprint density at radius 3 is 1.69 bits per heavy atom. The molecule has 1 heterocycles. The summed E-state index contributed by atoms with van der Waals surface area (Å²) in [6.45, 7) is 0. The highest BCUT2D eigenvalue weighted by Gasteiger charge is 2.15. The Bertz CT molecular complexity index is 1210. The van der Waals surface area contributed by atoms with Crippen LogP contribution in [-0.2, 0) is 0 Å². The van der Waals surface area contributed by atoms with Gasteiger partial charge in [0, 0.05) is 10.9 Å². The van der Waals surface area contributed by atoms with Crippen molar-refractivity contribution in [3.8, 4) is 39.6 Å². The van der Waals surface area contributed by atoms with E-state index in [1.165, 1.54) is 0 Å². The lowest BCUT2D eigenvalue weighted by atomic mass is 9.94. The summed E-state index contributed by atoms with van der Waals surface area (Å²) in [4.78, 5) is 3.44. The van der Waals surface area contributed by atoms with Crippen molar-refractivity contribution in [3.63, 3.8) is 0 Å². The summed E-state index contributed by atoms with van der Waals surface area (Å²) < 4.78 is 16.7. The van der Waals surface area contributed by atoms with Gasteiger partial charge in [0.15, 0.2) is 0 Å². The summed E-state index contributed by atoms with van der Waals surface area (Å²) in [6.07, 6.45) is 0. The fraction of sp³-hybridized carbons (Fsp3) is 0.125. The third-order valence-electron chi connectivity index (χ3n) is 4.99. The number of H-pyrrole nitrogens is 1. The Balaban J connectivity index is 2.03. The van der Waals surface area contributed by atoms with Gasteiger partial charge in [0.05, 0.1) is 27.0 Å². The molecule has 4 rings (SSSR count). The lowest BCUT2D eigenvalue weighted by Crippen LogP contribution is -1.95. The second kappa shape index (κ2) is 7.97. The quantitative estimate of drug-likeness (QED) is 0.400. The summed E-state index contributed by atoms with van der Waals surface area (Å²) in [7, 11) is 4.98. The van der Waals surface area contributed by atoms with Crippen molar-refractivity contribution < 1.29 is 14.2 Å². The molecule has 0 radical (unpaired) electrons. The number of hydrogen-bond donors (Lipinski definition) is 1. The maximum absolute atomic E-state index is 5.69. The largest absolute Gasteiger partial charge is 0.497 e. The molecule has 4 nitrogen and oxygen atoms in total. The number of nitrogens with one attached hydrogen (secondary N) is 1. The molecule has 1 N–H and O–H groups in total. The Kier molecular flexibility index (Phi) is 5.23. The van der Waals surface area contributed by atoms with Crippen LogP contribution in [0.4, 0.5) is 0 Å². The van der Waals surface area contributed by atoms with E-state index in [9.17, 15) is 0 Å². The van der Waals surface area contributed by atoms with E-state index in [1.54, 1.807) is 21.3 Å². The molecule has 4 aromatic rings. The van der Waals surface area contributed by atoms with Gasteiger partial charge in [-0.05, 0) is 71.1 Å². The number of methoxy groups -OCH3 is 3. The van der Waals surface area contributed by atoms with Crippen molar-refractivity contribution in [2.45, 2.75) is 0 Å². The van der Waals surface area contributed by atoms with Gasteiger partial charge in [-0.25, -0.2) is 0 Å². The average molecular weight is 404 g/mol. The van der Waals surface area contributed by atoms with E-state index in [0.29, 0.717) is 4.64 Å². The summed E-state index contributed by atoms with van der Waals surface area (Å²) in [5.74, 6) is 2.40. The van der Waals surface area contributed by atoms with Crippen molar-refractivity contribution in [1.82, 2.24) is 4.98 Å². The summed E-state index contributed by atoms with van der Waals surface area (Å²) in [5.41, 5.74) is 4.13. The molecule has 0 unspecified atom stereocenters. The van der Waals surface area contributed by atoms with Crippen molar-refractivity contribution in [1.29, 1.82) is 0 Å². The lowest BCUT2D eigenvalue weighted by molar-refractivity contribution is 0.414. The minimum atomic E-state index is 0.668. The standard InChI is InChI=1S/C24H21NO3S/c1-26-17-8-4-15(5-9-17)22-20-13-12-19(28-3)14-21(20)24(29)25-23(22)16-6-10-18(27-2)11-7-16/h4-14H,1-3H3,(H,25,29). The van der Waals surface area contributed by atoms with Crippen LogP contribution in [0.15, 0.2) is 66.7 Å². The molecule has 0 atom stereocenters. The number of pyridine rings is 1. The van der Waals surface area contributed by atoms with Gasteiger partial charge in [-0.2, -0.15) is 0 Å². The number of aromatic amines is 1. The zero-order chi connectivity index (χ0) is 20.4. The Labute approximate surface area is 174 Å². The zero-order valence-corrected chi connectivity index (χ0v) is 17.3. The van der Waals surface area contributed by atoms with E-state index in [1.807, 2.05) is 48.5 Å². The Hall–Kier alpha value is -3.31. The Morgan fingerprint density at radius 1 is 0.621 bits per heavy atom. The first-order valence-corrected chi connectivity index (χ1v) is 9.58. The van der Waals surface area contributed by atoms with Gasteiger partial charge in [-0.1, -0.05) is 24.4 Å². The molecular formula is C24H21NO3S. The monoisotopic (exact) mass is 403 g/mol. The van der Waals surface area contributed by atoms with Crippen molar-refractivity contribution in [3.05, 3.63) is 71.4 Å². The van der Waals surface area contributed by atoms with Gasteiger partial charge < -0.3 is 19.2 Å². The van der Waals surface area contributed by atoms with Crippen LogP contribution in [0.1, 0.15) is 0 Å². The summed E-state index contributed by atoms with van der Waals surface area (Å²) in [5, 5.41) is 2.01. The molecule has 0 spiro atoms. The van der Waals surface area contributed by atoms with Gasteiger partial charge in [0.1, 0.15) is 21.9 Å². The number of ether oxygens (including phenoxy) is 3. The third kappa shape index (κ3) is 3.57. The van der Waals surface area contributed by atoms with E-state index in [-0.39, 0.29) is 0 Å². The molecule has 0 fully saturated rings. The number of fused-ring (bicyclic) bond motifs is 1. The number of hydrogen-bond acceptors (Lipinski definition) is 4. The molecule has 0 saturated heterocycles. The van der Waals surface area contributed by atoms with E-state index >= 15 is 0 Å². The third-order valence-corrected chi connectivity index (χ3v) is 5.31. The van der Waals surface area contributed by atoms with Gasteiger partial charge in [0.25, 0.3) is 0 Å². The molecule has 0 saturated carbocycles. The van der Waals surface area contributed by atoms with Crippen molar-refractivity contribution in [2.75, 3.05) is 21.3 Å². The average Bonchev–Trinajstić information content (AvgIpc) is 2.79.